The van der Waals surface area contributed by atoms with Gasteiger partial charge < -0.3 is 15.4 Å². The maximum absolute atomic E-state index is 11.3. The number of amides is 1. The minimum atomic E-state index is 0.0607. The minimum Gasteiger partial charge on any atom is -0.374 e. The highest BCUT2D eigenvalue weighted by Crippen LogP contribution is 2.05. The zero-order valence-corrected chi connectivity index (χ0v) is 13.9. The highest BCUT2D eigenvalue weighted by Gasteiger charge is 2.06. The van der Waals surface area contributed by atoms with Crippen LogP contribution in [-0.2, 0) is 14.3 Å². The van der Waals surface area contributed by atoms with E-state index >= 15 is 0 Å². The van der Waals surface area contributed by atoms with Crippen LogP contribution in [0.2, 0.25) is 0 Å². The highest BCUT2D eigenvalue weighted by atomic mass is 16.5. The molecule has 21 heavy (non-hydrogen) atoms. The Morgan fingerprint density at radius 2 is 1.62 bits per heavy atom. The molecule has 1 amide bonds. The van der Waals surface area contributed by atoms with Gasteiger partial charge in [-0.25, -0.2) is 0 Å². The van der Waals surface area contributed by atoms with Crippen molar-refractivity contribution in [1.82, 2.24) is 10.6 Å². The van der Waals surface area contributed by atoms with Crippen LogP contribution in [-0.4, -0.2) is 45.0 Å². The van der Waals surface area contributed by atoms with E-state index in [0.717, 1.165) is 32.2 Å². The first-order valence-corrected chi connectivity index (χ1v) is 8.09. The summed E-state index contributed by atoms with van der Waals surface area (Å²) in [5.41, 5.74) is 0. The Kier molecular flexibility index (Phi) is 13.4. The van der Waals surface area contributed by atoms with E-state index in [0.29, 0.717) is 13.2 Å². The monoisotopic (exact) mass is 300 g/mol. The number of ketones is 1. The SMILES string of the molecule is CNCC(=O)NCCCCCCCCOCC(=O)C(C)C. The Morgan fingerprint density at radius 1 is 1.00 bits per heavy atom. The zero-order chi connectivity index (χ0) is 15.9. The molecule has 5 nitrogen and oxygen atoms in total. The summed E-state index contributed by atoms with van der Waals surface area (Å²) in [4.78, 5) is 22.5. The van der Waals surface area contributed by atoms with Crippen molar-refractivity contribution in [3.8, 4) is 0 Å². The molecular weight excluding hydrogens is 268 g/mol. The molecule has 5 heteroatoms. The molecule has 2 N–H and O–H groups in total. The van der Waals surface area contributed by atoms with Crippen LogP contribution in [0.3, 0.4) is 0 Å². The van der Waals surface area contributed by atoms with Crippen LogP contribution in [0.4, 0.5) is 0 Å². The van der Waals surface area contributed by atoms with Gasteiger partial charge in [0.25, 0.3) is 0 Å². The predicted octanol–water partition coefficient (Wildman–Crippen LogP) is 1.90. The molecule has 0 fully saturated rings. The normalized spacial score (nSPS) is 10.9. The summed E-state index contributed by atoms with van der Waals surface area (Å²) in [7, 11) is 1.77. The molecule has 124 valence electrons. The van der Waals surface area contributed by atoms with Crippen molar-refractivity contribution in [2.75, 3.05) is 33.4 Å². The second-order valence-corrected chi connectivity index (χ2v) is 5.68. The Bertz CT molecular complexity index is 281. The lowest BCUT2D eigenvalue weighted by Crippen LogP contribution is -2.32. The summed E-state index contributed by atoms with van der Waals surface area (Å²) in [5, 5.41) is 5.69. The van der Waals surface area contributed by atoms with E-state index in [1.807, 2.05) is 13.8 Å². The third-order valence-corrected chi connectivity index (χ3v) is 3.26. The molecule has 0 aliphatic heterocycles. The molecule has 0 unspecified atom stereocenters. The molecule has 0 spiro atoms. The lowest BCUT2D eigenvalue weighted by atomic mass is 10.1. The van der Waals surface area contributed by atoms with Gasteiger partial charge in [-0.3, -0.25) is 9.59 Å². The number of likely N-dealkylation sites (N-methyl/N-ethyl adjacent to an activating group) is 1. The van der Waals surface area contributed by atoms with Crippen molar-refractivity contribution in [2.24, 2.45) is 5.92 Å². The average molecular weight is 300 g/mol. The van der Waals surface area contributed by atoms with E-state index in [9.17, 15) is 9.59 Å². The van der Waals surface area contributed by atoms with Crippen molar-refractivity contribution in [1.29, 1.82) is 0 Å². The van der Waals surface area contributed by atoms with Gasteiger partial charge in [-0.05, 0) is 19.9 Å². The standard InChI is InChI=1S/C16H32N2O3/c1-14(2)15(19)13-21-11-9-7-5-4-6-8-10-18-16(20)12-17-3/h14,17H,4-13H2,1-3H3,(H,18,20). The fourth-order valence-corrected chi connectivity index (χ4v) is 1.83. The smallest absolute Gasteiger partial charge is 0.233 e. The summed E-state index contributed by atoms with van der Waals surface area (Å²) in [6.07, 6.45) is 6.71. The van der Waals surface area contributed by atoms with Crippen LogP contribution in [0.25, 0.3) is 0 Å². The van der Waals surface area contributed by atoms with Crippen molar-refractivity contribution in [2.45, 2.75) is 52.4 Å². The molecule has 0 atom stereocenters. The summed E-state index contributed by atoms with van der Waals surface area (Å²) in [5.74, 6) is 0.305. The van der Waals surface area contributed by atoms with E-state index in [1.54, 1.807) is 7.05 Å². The number of rotatable bonds is 14. The predicted molar refractivity (Wildman–Crippen MR) is 85.3 cm³/mol. The van der Waals surface area contributed by atoms with E-state index in [4.69, 9.17) is 4.74 Å². The summed E-state index contributed by atoms with van der Waals surface area (Å²) >= 11 is 0. The quantitative estimate of drug-likeness (QED) is 0.481. The van der Waals surface area contributed by atoms with Crippen molar-refractivity contribution < 1.29 is 14.3 Å². The van der Waals surface area contributed by atoms with Crippen LogP contribution in [0.5, 0.6) is 0 Å². The molecule has 0 aliphatic carbocycles. The molecule has 0 bridgehead atoms. The second kappa shape index (κ2) is 14.0. The van der Waals surface area contributed by atoms with Crippen LogP contribution in [0.15, 0.2) is 0 Å². The van der Waals surface area contributed by atoms with Gasteiger partial charge in [0.2, 0.25) is 5.91 Å². The van der Waals surface area contributed by atoms with Gasteiger partial charge in [0.05, 0.1) is 6.54 Å². The molecule has 0 aromatic heterocycles. The Balaban J connectivity index is 3.16. The third-order valence-electron chi connectivity index (χ3n) is 3.26. The third kappa shape index (κ3) is 13.8. The molecule has 0 radical (unpaired) electrons. The molecule has 0 heterocycles. The van der Waals surface area contributed by atoms with Gasteiger partial charge in [0.15, 0.2) is 5.78 Å². The lowest BCUT2D eigenvalue weighted by molar-refractivity contribution is -0.126. The largest absolute Gasteiger partial charge is 0.374 e. The number of ether oxygens (including phenoxy) is 1. The molecular formula is C16H32N2O3. The zero-order valence-electron chi connectivity index (χ0n) is 13.9. The Morgan fingerprint density at radius 3 is 2.24 bits per heavy atom. The van der Waals surface area contributed by atoms with Gasteiger partial charge in [0, 0.05) is 19.1 Å². The topological polar surface area (TPSA) is 67.4 Å². The van der Waals surface area contributed by atoms with Crippen molar-refractivity contribution >= 4 is 11.7 Å². The van der Waals surface area contributed by atoms with Gasteiger partial charge in [0.1, 0.15) is 6.61 Å². The number of unbranched alkanes of at least 4 members (excludes halogenated alkanes) is 5. The number of carbonyl (C=O) groups excluding carboxylic acids is 2. The lowest BCUT2D eigenvalue weighted by Gasteiger charge is -2.06. The number of nitrogens with one attached hydrogen (secondary N) is 2. The van der Waals surface area contributed by atoms with Crippen LogP contribution in [0.1, 0.15) is 52.4 Å². The molecule has 0 aromatic rings. The van der Waals surface area contributed by atoms with Gasteiger partial charge in [-0.2, -0.15) is 0 Å². The molecule has 0 aromatic carbocycles. The van der Waals surface area contributed by atoms with Gasteiger partial charge in [-0.15, -0.1) is 0 Å². The number of carbonyl (C=O) groups is 2. The first-order chi connectivity index (χ1) is 10.1. The van der Waals surface area contributed by atoms with E-state index in [-0.39, 0.29) is 24.2 Å². The van der Waals surface area contributed by atoms with Crippen molar-refractivity contribution in [3.63, 3.8) is 0 Å². The first-order valence-electron chi connectivity index (χ1n) is 8.09. The Labute approximate surface area is 129 Å². The van der Waals surface area contributed by atoms with Crippen LogP contribution in [0, 0.1) is 5.92 Å². The number of hydrogen-bond donors (Lipinski definition) is 2. The number of hydrogen-bond acceptors (Lipinski definition) is 4. The summed E-state index contributed by atoms with van der Waals surface area (Å²) < 4.78 is 5.35. The fraction of sp³-hybridized carbons (Fsp3) is 0.875. The average Bonchev–Trinajstić information content (AvgIpc) is 2.44. The van der Waals surface area contributed by atoms with E-state index in [2.05, 4.69) is 10.6 Å². The number of Topliss-reactive ketones (excluding diaryl/α,β-unsaturated/α-hetero) is 1. The van der Waals surface area contributed by atoms with E-state index in [1.165, 1.54) is 12.8 Å². The second-order valence-electron chi connectivity index (χ2n) is 5.68. The maximum Gasteiger partial charge on any atom is 0.233 e. The summed E-state index contributed by atoms with van der Waals surface area (Å²) in [6.45, 7) is 5.88. The first kappa shape index (κ1) is 20.1. The maximum atomic E-state index is 11.3. The van der Waals surface area contributed by atoms with Crippen LogP contribution >= 0.6 is 0 Å². The highest BCUT2D eigenvalue weighted by molar-refractivity contribution is 5.81. The van der Waals surface area contributed by atoms with Gasteiger partial charge in [-0.1, -0.05) is 39.5 Å². The fourth-order valence-electron chi connectivity index (χ4n) is 1.83. The minimum absolute atomic E-state index is 0.0607. The molecule has 0 aliphatic rings. The van der Waals surface area contributed by atoms with Gasteiger partial charge >= 0.3 is 0 Å². The summed E-state index contributed by atoms with van der Waals surface area (Å²) in [6, 6.07) is 0. The molecule has 0 saturated carbocycles. The van der Waals surface area contributed by atoms with Crippen molar-refractivity contribution in [3.05, 3.63) is 0 Å². The molecule has 0 rings (SSSR count). The van der Waals surface area contributed by atoms with E-state index < -0.39 is 0 Å². The van der Waals surface area contributed by atoms with Crippen LogP contribution < -0.4 is 10.6 Å². The Hall–Kier alpha value is -0.940. The molecule has 0 saturated heterocycles.